The Morgan fingerprint density at radius 2 is 2.25 bits per heavy atom. The zero-order chi connectivity index (χ0) is 14.3. The molecule has 4 heteroatoms. The summed E-state index contributed by atoms with van der Waals surface area (Å²) >= 11 is 0. The first-order chi connectivity index (χ1) is 9.47. The van der Waals surface area contributed by atoms with Crippen molar-refractivity contribution in [2.45, 2.75) is 51.2 Å². The van der Waals surface area contributed by atoms with Crippen molar-refractivity contribution in [1.82, 2.24) is 0 Å². The van der Waals surface area contributed by atoms with Crippen LogP contribution < -0.4 is 15.4 Å². The number of rotatable bonds is 2. The monoisotopic (exact) mass is 274 g/mol. The number of nitrogens with zero attached hydrogens (tertiary/aromatic N) is 1. The number of ether oxygens (including phenoxy) is 1. The minimum atomic E-state index is -0.274. The molecule has 0 bridgehead atoms. The van der Waals surface area contributed by atoms with Crippen molar-refractivity contribution in [2.24, 2.45) is 5.73 Å². The van der Waals surface area contributed by atoms with E-state index in [1.54, 1.807) is 0 Å². The number of nitrogens with two attached hydrogens (primary N) is 1. The summed E-state index contributed by atoms with van der Waals surface area (Å²) in [5.41, 5.74) is 7.95. The van der Waals surface area contributed by atoms with Crippen LogP contribution in [-0.4, -0.2) is 24.1 Å². The minimum Gasteiger partial charge on any atom is -0.487 e. The van der Waals surface area contributed by atoms with Gasteiger partial charge in [-0.3, -0.25) is 4.79 Å². The fraction of sp³-hybridized carbons (Fsp3) is 0.562. The van der Waals surface area contributed by atoms with Crippen molar-refractivity contribution in [3.8, 4) is 5.75 Å². The third-order valence-corrected chi connectivity index (χ3v) is 4.33. The summed E-state index contributed by atoms with van der Waals surface area (Å²) in [6, 6.07) is 5.98. The standard InChI is InChI=1S/C16H22N2O2/c1-11-4-5-13-14(8-11)20-12(2)10-18(13)15(19)9-16(17)6-3-7-16/h4-5,8,12H,3,6-7,9-10,17H2,1-2H3/t12-/m1/s1. The molecule has 4 nitrogen and oxygen atoms in total. The van der Waals surface area contributed by atoms with Gasteiger partial charge < -0.3 is 15.4 Å². The van der Waals surface area contributed by atoms with Crippen LogP contribution in [0.4, 0.5) is 5.69 Å². The molecule has 2 aliphatic rings. The highest BCUT2D eigenvalue weighted by atomic mass is 16.5. The Kier molecular flexibility index (Phi) is 3.21. The van der Waals surface area contributed by atoms with E-state index in [2.05, 4.69) is 0 Å². The van der Waals surface area contributed by atoms with Crippen molar-refractivity contribution in [1.29, 1.82) is 0 Å². The summed E-state index contributed by atoms with van der Waals surface area (Å²) in [4.78, 5) is 14.4. The zero-order valence-corrected chi connectivity index (χ0v) is 12.2. The predicted octanol–water partition coefficient (Wildman–Crippen LogP) is 2.38. The second-order valence-electron chi connectivity index (χ2n) is 6.30. The third kappa shape index (κ3) is 2.40. The summed E-state index contributed by atoms with van der Waals surface area (Å²) in [6.07, 6.45) is 3.51. The number of fused-ring (bicyclic) bond motifs is 1. The molecule has 0 radical (unpaired) electrons. The number of amides is 1. The summed E-state index contributed by atoms with van der Waals surface area (Å²) in [7, 11) is 0. The molecule has 20 heavy (non-hydrogen) atoms. The van der Waals surface area contributed by atoms with Crippen LogP contribution in [0.5, 0.6) is 5.75 Å². The quantitative estimate of drug-likeness (QED) is 0.901. The topological polar surface area (TPSA) is 55.6 Å². The Balaban J connectivity index is 1.84. The van der Waals surface area contributed by atoms with E-state index in [4.69, 9.17) is 10.5 Å². The van der Waals surface area contributed by atoms with Gasteiger partial charge in [0.05, 0.1) is 12.2 Å². The van der Waals surface area contributed by atoms with E-state index in [-0.39, 0.29) is 17.6 Å². The van der Waals surface area contributed by atoms with E-state index in [0.29, 0.717) is 13.0 Å². The molecule has 1 aromatic carbocycles. The normalized spacial score (nSPS) is 23.6. The van der Waals surface area contributed by atoms with Gasteiger partial charge in [0.2, 0.25) is 5.91 Å². The SMILES string of the molecule is Cc1ccc2c(c1)O[C@H](C)CN2C(=O)CC1(N)CCC1. The van der Waals surface area contributed by atoms with Crippen LogP contribution in [0.2, 0.25) is 0 Å². The minimum absolute atomic E-state index is 0.0170. The number of benzene rings is 1. The van der Waals surface area contributed by atoms with E-state index in [1.165, 1.54) is 0 Å². The van der Waals surface area contributed by atoms with E-state index >= 15 is 0 Å². The molecule has 1 aliphatic carbocycles. The van der Waals surface area contributed by atoms with Crippen LogP contribution in [0.25, 0.3) is 0 Å². The van der Waals surface area contributed by atoms with Gasteiger partial charge in [0.1, 0.15) is 11.9 Å². The van der Waals surface area contributed by atoms with Crippen LogP contribution >= 0.6 is 0 Å². The van der Waals surface area contributed by atoms with E-state index < -0.39 is 0 Å². The van der Waals surface area contributed by atoms with Gasteiger partial charge >= 0.3 is 0 Å². The van der Waals surface area contributed by atoms with Gasteiger partial charge in [-0.2, -0.15) is 0 Å². The second kappa shape index (κ2) is 4.77. The van der Waals surface area contributed by atoms with Crippen molar-refractivity contribution in [3.63, 3.8) is 0 Å². The van der Waals surface area contributed by atoms with Crippen LogP contribution in [0.1, 0.15) is 38.2 Å². The maximum Gasteiger partial charge on any atom is 0.229 e. The second-order valence-corrected chi connectivity index (χ2v) is 6.30. The molecule has 1 aromatic rings. The molecule has 1 heterocycles. The highest BCUT2D eigenvalue weighted by Gasteiger charge is 2.37. The molecule has 0 saturated heterocycles. The lowest BCUT2D eigenvalue weighted by molar-refractivity contribution is -0.121. The molecule has 1 amide bonds. The Morgan fingerprint density at radius 3 is 2.90 bits per heavy atom. The predicted molar refractivity (Wildman–Crippen MR) is 79.0 cm³/mol. The Labute approximate surface area is 119 Å². The van der Waals surface area contributed by atoms with E-state index in [9.17, 15) is 4.79 Å². The Morgan fingerprint density at radius 1 is 1.50 bits per heavy atom. The number of aryl methyl sites for hydroxylation is 1. The Bertz CT molecular complexity index is 537. The lowest BCUT2D eigenvalue weighted by atomic mass is 9.75. The number of carbonyl (C=O) groups excluding carboxylic acids is 1. The summed E-state index contributed by atoms with van der Waals surface area (Å²) in [6.45, 7) is 4.62. The largest absolute Gasteiger partial charge is 0.487 e. The number of hydrogen-bond acceptors (Lipinski definition) is 3. The molecule has 0 unspecified atom stereocenters. The molecule has 0 aromatic heterocycles. The lowest BCUT2D eigenvalue weighted by Crippen LogP contribution is -2.52. The van der Waals surface area contributed by atoms with Crippen molar-refractivity contribution in [3.05, 3.63) is 23.8 Å². The molecule has 108 valence electrons. The maximum atomic E-state index is 12.6. The summed E-state index contributed by atoms with van der Waals surface area (Å²) in [5, 5.41) is 0. The third-order valence-electron chi connectivity index (χ3n) is 4.33. The molecule has 2 N–H and O–H groups in total. The van der Waals surface area contributed by atoms with Crippen LogP contribution in [0, 0.1) is 6.92 Å². The number of anilines is 1. The van der Waals surface area contributed by atoms with Crippen molar-refractivity contribution < 1.29 is 9.53 Å². The van der Waals surface area contributed by atoms with E-state index in [1.807, 2.05) is 36.9 Å². The maximum absolute atomic E-state index is 12.6. The van der Waals surface area contributed by atoms with Crippen molar-refractivity contribution in [2.75, 3.05) is 11.4 Å². The molecule has 1 atom stereocenters. The highest BCUT2D eigenvalue weighted by Crippen LogP contribution is 2.37. The van der Waals surface area contributed by atoms with Crippen LogP contribution in [0.3, 0.4) is 0 Å². The highest BCUT2D eigenvalue weighted by molar-refractivity contribution is 5.96. The average molecular weight is 274 g/mol. The molecular weight excluding hydrogens is 252 g/mol. The Hall–Kier alpha value is -1.55. The molecular formula is C16H22N2O2. The smallest absolute Gasteiger partial charge is 0.229 e. The average Bonchev–Trinajstić information content (AvgIpc) is 2.35. The number of carbonyl (C=O) groups is 1. The molecule has 1 fully saturated rings. The fourth-order valence-corrected chi connectivity index (χ4v) is 2.99. The number of hydrogen-bond donors (Lipinski definition) is 1. The van der Waals surface area contributed by atoms with Crippen molar-refractivity contribution >= 4 is 11.6 Å². The zero-order valence-electron chi connectivity index (χ0n) is 12.2. The van der Waals surface area contributed by atoms with Gasteiger partial charge in [0.15, 0.2) is 0 Å². The first-order valence-corrected chi connectivity index (χ1v) is 7.33. The first kappa shape index (κ1) is 13.4. The van der Waals surface area contributed by atoms with Gasteiger partial charge in [0, 0.05) is 12.0 Å². The van der Waals surface area contributed by atoms with Crippen LogP contribution in [-0.2, 0) is 4.79 Å². The fourth-order valence-electron chi connectivity index (χ4n) is 2.99. The lowest BCUT2D eigenvalue weighted by Gasteiger charge is -2.40. The molecule has 1 aliphatic heterocycles. The van der Waals surface area contributed by atoms with Crippen LogP contribution in [0.15, 0.2) is 18.2 Å². The van der Waals surface area contributed by atoms with Gasteiger partial charge in [-0.25, -0.2) is 0 Å². The summed E-state index contributed by atoms with van der Waals surface area (Å²) in [5.74, 6) is 0.921. The summed E-state index contributed by atoms with van der Waals surface area (Å²) < 4.78 is 5.84. The molecule has 3 rings (SSSR count). The van der Waals surface area contributed by atoms with Gasteiger partial charge in [0.25, 0.3) is 0 Å². The van der Waals surface area contributed by atoms with E-state index in [0.717, 1.165) is 36.3 Å². The van der Waals surface area contributed by atoms with Gasteiger partial charge in [-0.05, 0) is 50.8 Å². The molecule has 0 spiro atoms. The first-order valence-electron chi connectivity index (χ1n) is 7.33. The van der Waals surface area contributed by atoms with Gasteiger partial charge in [-0.1, -0.05) is 6.07 Å². The molecule has 1 saturated carbocycles. The van der Waals surface area contributed by atoms with Gasteiger partial charge in [-0.15, -0.1) is 0 Å².